The minimum atomic E-state index is -1.81. The van der Waals surface area contributed by atoms with Crippen LogP contribution in [0.15, 0.2) is 18.2 Å². The lowest BCUT2D eigenvalue weighted by Gasteiger charge is -2.17. The van der Waals surface area contributed by atoms with Crippen molar-refractivity contribution in [2.75, 3.05) is 13.1 Å². The number of carboxylic acids is 6. The number of nitro benzene ring substituents is 1. The zero-order chi connectivity index (χ0) is 46.4. The molecule has 0 fully saturated rings. The lowest BCUT2D eigenvalue weighted by Crippen LogP contribution is -2.47. The summed E-state index contributed by atoms with van der Waals surface area (Å²) in [6, 6.07) is -4.20. The van der Waals surface area contributed by atoms with Crippen molar-refractivity contribution in [2.24, 2.45) is 0 Å². The molecule has 27 heteroatoms. The molecule has 0 aromatic heterocycles. The van der Waals surface area contributed by atoms with Crippen LogP contribution in [0.25, 0.3) is 0 Å². The van der Waals surface area contributed by atoms with Gasteiger partial charge in [0.05, 0.1) is 17.8 Å². The molecule has 334 valence electrons. The van der Waals surface area contributed by atoms with Gasteiger partial charge in [0.2, 0.25) is 23.6 Å². The molecule has 12 N–H and O–H groups in total. The normalized spacial score (nSPS) is 12.5. The molecule has 1 aromatic carbocycles. The number of rotatable bonds is 29. The second-order valence-electron chi connectivity index (χ2n) is 12.9. The molecule has 27 nitrogen and oxygen atoms in total. The number of non-ortho nitro benzene ring substituents is 1. The second kappa shape index (κ2) is 25.6. The lowest BCUT2D eigenvalue weighted by atomic mass is 10.1. The largest absolute Gasteiger partial charge is 0.481 e. The van der Waals surface area contributed by atoms with E-state index in [0.29, 0.717) is 0 Å². The molecule has 0 aliphatic rings. The number of nitrogens with zero attached hydrogens (tertiary/aromatic N) is 1. The number of nitro groups is 1. The van der Waals surface area contributed by atoms with Crippen molar-refractivity contribution < 1.29 is 93.1 Å². The third-order valence-corrected chi connectivity index (χ3v) is 7.99. The number of carboxylic acid groups (broad SMARTS) is 6. The first-order valence-electron chi connectivity index (χ1n) is 17.9. The van der Waals surface area contributed by atoms with Gasteiger partial charge in [0, 0.05) is 62.0 Å². The van der Waals surface area contributed by atoms with Crippen molar-refractivity contribution in [3.05, 3.63) is 39.4 Å². The highest BCUT2D eigenvalue weighted by atomic mass is 16.6. The molecule has 61 heavy (non-hydrogen) atoms. The van der Waals surface area contributed by atoms with Crippen LogP contribution in [0.1, 0.15) is 84.9 Å². The Bertz CT molecular complexity index is 1760. The molecule has 0 radical (unpaired) electrons. The van der Waals surface area contributed by atoms with Gasteiger partial charge in [-0.1, -0.05) is 0 Å². The third-order valence-electron chi connectivity index (χ3n) is 7.99. The molecule has 0 heterocycles. The predicted octanol–water partition coefficient (Wildman–Crippen LogP) is -2.60. The molecule has 0 bridgehead atoms. The highest BCUT2D eigenvalue weighted by molar-refractivity contribution is 6.01. The summed E-state index contributed by atoms with van der Waals surface area (Å²) in [6.45, 7) is -0.493. The second-order valence-corrected chi connectivity index (χ2v) is 12.9. The van der Waals surface area contributed by atoms with Gasteiger partial charge in [0.15, 0.2) is 0 Å². The van der Waals surface area contributed by atoms with E-state index in [4.69, 9.17) is 20.4 Å². The minimum absolute atomic E-state index is 0.123. The highest BCUT2D eigenvalue weighted by Gasteiger charge is 2.29. The summed E-state index contributed by atoms with van der Waals surface area (Å²) in [4.78, 5) is 153. The van der Waals surface area contributed by atoms with Crippen molar-refractivity contribution >= 4 is 76.9 Å². The monoisotopic (exact) mass is 869 g/mol. The maximum atomic E-state index is 12.8. The average molecular weight is 870 g/mol. The first-order valence-corrected chi connectivity index (χ1v) is 17.9. The zero-order valence-electron chi connectivity index (χ0n) is 31.9. The van der Waals surface area contributed by atoms with Crippen LogP contribution in [-0.2, 0) is 47.9 Å². The number of aliphatic carboxylic acids is 6. The van der Waals surface area contributed by atoms with Gasteiger partial charge in [0.1, 0.15) is 24.2 Å². The molecule has 0 saturated heterocycles. The number of benzene rings is 1. The van der Waals surface area contributed by atoms with E-state index in [9.17, 15) is 77.9 Å². The summed E-state index contributed by atoms with van der Waals surface area (Å²) in [5, 5.41) is 78.9. The fraction of sp³-hybridized carbons (Fsp3) is 0.471. The molecule has 0 unspecified atom stereocenters. The van der Waals surface area contributed by atoms with Crippen molar-refractivity contribution in [1.82, 2.24) is 31.9 Å². The van der Waals surface area contributed by atoms with Gasteiger partial charge in [-0.2, -0.15) is 0 Å². The Kier molecular flexibility index (Phi) is 21.5. The van der Waals surface area contributed by atoms with Crippen LogP contribution in [-0.4, -0.2) is 144 Å². The van der Waals surface area contributed by atoms with E-state index >= 15 is 0 Å². The molecule has 0 aliphatic heterocycles. The molecule has 0 spiro atoms. The van der Waals surface area contributed by atoms with Crippen LogP contribution >= 0.6 is 0 Å². The van der Waals surface area contributed by atoms with Crippen molar-refractivity contribution in [3.63, 3.8) is 0 Å². The van der Waals surface area contributed by atoms with Crippen molar-refractivity contribution in [1.29, 1.82) is 0 Å². The van der Waals surface area contributed by atoms with Crippen molar-refractivity contribution in [3.8, 4) is 0 Å². The van der Waals surface area contributed by atoms with Gasteiger partial charge in [0.25, 0.3) is 17.5 Å². The summed E-state index contributed by atoms with van der Waals surface area (Å²) < 4.78 is 0. The summed E-state index contributed by atoms with van der Waals surface area (Å²) >= 11 is 0. The van der Waals surface area contributed by atoms with E-state index in [0.717, 1.165) is 18.2 Å². The van der Waals surface area contributed by atoms with Gasteiger partial charge < -0.3 is 62.5 Å². The number of nitrogens with one attached hydrogen (secondary N) is 6. The lowest BCUT2D eigenvalue weighted by molar-refractivity contribution is -0.384. The fourth-order valence-electron chi connectivity index (χ4n) is 4.95. The number of hydrogen-bond donors (Lipinski definition) is 12. The van der Waals surface area contributed by atoms with Crippen molar-refractivity contribution in [2.45, 2.75) is 88.4 Å². The number of carbonyl (C=O) groups excluding carboxylic acids is 6. The first kappa shape index (κ1) is 51.3. The van der Waals surface area contributed by atoms with Crippen LogP contribution in [0.4, 0.5) is 5.69 Å². The Labute approximate surface area is 342 Å². The zero-order valence-corrected chi connectivity index (χ0v) is 31.9. The summed E-state index contributed by atoms with van der Waals surface area (Å²) in [5.41, 5.74) is -1.39. The Morgan fingerprint density at radius 3 is 1.11 bits per heavy atom. The highest BCUT2D eigenvalue weighted by Crippen LogP contribution is 2.18. The topological polar surface area (TPSA) is 442 Å². The van der Waals surface area contributed by atoms with E-state index < -0.39 is 157 Å². The molecular weight excluding hydrogens is 826 g/mol. The van der Waals surface area contributed by atoms with Crippen LogP contribution < -0.4 is 31.9 Å². The Morgan fingerprint density at radius 2 is 0.820 bits per heavy atom. The van der Waals surface area contributed by atoms with Gasteiger partial charge in [-0.3, -0.25) is 48.5 Å². The molecule has 0 saturated carbocycles. The quantitative estimate of drug-likeness (QED) is 0.0223. The summed E-state index contributed by atoms with van der Waals surface area (Å²) in [6.07, 6.45) is -5.05. The SMILES string of the molecule is O=C(O)CC[C@H](NC(=O)C[C@@H](NC(=O)CCCNC(=O)c1cc(C(=O)NCCCC(=O)N[C@H](CC(=O)N[C@@H](CCC(=O)O)C(=O)O)C(=O)O)cc([N+](=O)[O-])c1)C(=O)O)C(=O)O. The number of carbonyl (C=O) groups is 12. The van der Waals surface area contributed by atoms with E-state index in [1.165, 1.54) is 0 Å². The summed E-state index contributed by atoms with van der Waals surface area (Å²) in [7, 11) is 0. The Balaban J connectivity index is 2.71. The maximum Gasteiger partial charge on any atom is 0.326 e. The maximum absolute atomic E-state index is 12.8. The van der Waals surface area contributed by atoms with Gasteiger partial charge in [-0.25, -0.2) is 19.2 Å². The third kappa shape index (κ3) is 20.5. The minimum Gasteiger partial charge on any atom is -0.481 e. The smallest absolute Gasteiger partial charge is 0.326 e. The van der Waals surface area contributed by atoms with E-state index in [1.807, 2.05) is 10.6 Å². The van der Waals surface area contributed by atoms with E-state index in [-0.39, 0.29) is 37.1 Å². The van der Waals surface area contributed by atoms with E-state index in [2.05, 4.69) is 21.3 Å². The molecular formula is C34H43N7O20. The number of hydrogen-bond acceptors (Lipinski definition) is 14. The Morgan fingerprint density at radius 1 is 0.492 bits per heavy atom. The van der Waals surface area contributed by atoms with E-state index in [1.54, 1.807) is 0 Å². The summed E-state index contributed by atoms with van der Waals surface area (Å²) in [5.74, 6) is -15.0. The molecule has 0 aliphatic carbocycles. The Hall–Kier alpha value is -7.74. The molecule has 6 amide bonds. The first-order chi connectivity index (χ1) is 28.5. The fourth-order valence-corrected chi connectivity index (χ4v) is 4.95. The van der Waals surface area contributed by atoms with Gasteiger partial charge in [-0.05, 0) is 31.7 Å². The average Bonchev–Trinajstić information content (AvgIpc) is 3.16. The van der Waals surface area contributed by atoms with Gasteiger partial charge in [-0.15, -0.1) is 0 Å². The predicted molar refractivity (Wildman–Crippen MR) is 197 cm³/mol. The van der Waals surface area contributed by atoms with Crippen LogP contribution in [0.5, 0.6) is 0 Å². The molecule has 1 rings (SSSR count). The molecule has 1 aromatic rings. The number of amides is 6. The van der Waals surface area contributed by atoms with Crippen LogP contribution in [0, 0.1) is 10.1 Å². The van der Waals surface area contributed by atoms with Gasteiger partial charge >= 0.3 is 35.8 Å². The standard InChI is InChI=1S/C34H43N7O20/c42-23(39-21(33(56)57)14-25(44)37-19(31(52)53)5-7-27(46)47)3-1-9-35-29(50)16-11-17(13-18(12-16)41(60)61)30(51)36-10-2-4-24(43)40-22(34(58)59)15-26(45)38-20(32(54)55)6-8-28(48)49/h11-13,19-22H,1-10,14-15H2,(H,35,50)(H,36,51)(H,37,44)(H,38,45)(H,39,42)(H,40,43)(H,46,47)(H,48,49)(H,52,53)(H,54,55)(H,56,57)(H,58,59)/t19-,20-,21+,22+/m0/s1. The molecule has 4 atom stereocenters. The van der Waals surface area contributed by atoms with Crippen LogP contribution in [0.3, 0.4) is 0 Å². The van der Waals surface area contributed by atoms with Crippen LogP contribution in [0.2, 0.25) is 0 Å².